The Labute approximate surface area is 174 Å². The van der Waals surface area contributed by atoms with Gasteiger partial charge in [0.15, 0.2) is 5.96 Å². The normalized spacial score (nSPS) is 18.3. The van der Waals surface area contributed by atoms with Crippen LogP contribution in [0.2, 0.25) is 0 Å². The van der Waals surface area contributed by atoms with E-state index in [1.807, 2.05) is 4.90 Å². The van der Waals surface area contributed by atoms with Crippen LogP contribution in [0.4, 0.5) is 0 Å². The van der Waals surface area contributed by atoms with Crippen molar-refractivity contribution in [1.82, 2.24) is 20.4 Å². The molecule has 7 heteroatoms. The molecule has 0 radical (unpaired) electrons. The predicted octanol–water partition coefficient (Wildman–Crippen LogP) is 1.59. The molecule has 0 aromatic heterocycles. The van der Waals surface area contributed by atoms with E-state index in [1.165, 1.54) is 11.1 Å². The summed E-state index contributed by atoms with van der Waals surface area (Å²) in [4.78, 5) is 20.9. The van der Waals surface area contributed by atoms with E-state index in [-0.39, 0.29) is 5.91 Å². The lowest BCUT2D eigenvalue weighted by Crippen LogP contribution is -2.40. The number of nitrogens with one attached hydrogen (secondary N) is 2. The molecule has 2 aliphatic heterocycles. The fourth-order valence-corrected chi connectivity index (χ4v) is 3.69. The van der Waals surface area contributed by atoms with Crippen molar-refractivity contribution in [3.05, 3.63) is 35.4 Å². The van der Waals surface area contributed by atoms with Crippen molar-refractivity contribution in [2.75, 3.05) is 52.5 Å². The average molecular weight is 402 g/mol. The molecular weight excluding hydrogens is 366 g/mol. The summed E-state index contributed by atoms with van der Waals surface area (Å²) < 4.78 is 5.39. The van der Waals surface area contributed by atoms with Crippen LogP contribution in [0.3, 0.4) is 0 Å². The molecular formula is C22H35N5O2. The van der Waals surface area contributed by atoms with Gasteiger partial charge < -0.3 is 20.3 Å². The summed E-state index contributed by atoms with van der Waals surface area (Å²) in [6, 6.07) is 8.45. The fourth-order valence-electron chi connectivity index (χ4n) is 3.69. The molecule has 0 spiro atoms. The third-order valence-corrected chi connectivity index (χ3v) is 5.38. The summed E-state index contributed by atoms with van der Waals surface area (Å²) in [5.41, 5.74) is 2.35. The van der Waals surface area contributed by atoms with E-state index in [2.05, 4.69) is 46.7 Å². The maximum atomic E-state index is 11.8. The summed E-state index contributed by atoms with van der Waals surface area (Å²) in [6.07, 6.45) is 2.77. The highest BCUT2D eigenvalue weighted by Crippen LogP contribution is 2.15. The zero-order valence-corrected chi connectivity index (χ0v) is 17.7. The molecule has 2 fully saturated rings. The largest absolute Gasteiger partial charge is 0.379 e. The number of rotatable bonds is 9. The van der Waals surface area contributed by atoms with Crippen molar-refractivity contribution in [2.45, 2.75) is 39.3 Å². The molecule has 160 valence electrons. The Morgan fingerprint density at radius 1 is 1.10 bits per heavy atom. The highest BCUT2D eigenvalue weighted by atomic mass is 16.5. The van der Waals surface area contributed by atoms with E-state index in [9.17, 15) is 4.79 Å². The standard InChI is InChI=1S/C22H35N5O2/c1-2-23-22(24-10-4-11-26-13-15-29-16-14-26)25-17-19-6-8-20(9-7-19)18-27-12-3-5-21(27)28/h6-9H,2-5,10-18H2,1H3,(H2,23,24,25). The highest BCUT2D eigenvalue weighted by molar-refractivity contribution is 5.79. The van der Waals surface area contributed by atoms with Crippen LogP contribution >= 0.6 is 0 Å². The third kappa shape index (κ3) is 7.33. The molecule has 0 saturated carbocycles. The Morgan fingerprint density at radius 3 is 2.55 bits per heavy atom. The minimum absolute atomic E-state index is 0.272. The summed E-state index contributed by atoms with van der Waals surface area (Å²) in [5.74, 6) is 1.13. The summed E-state index contributed by atoms with van der Waals surface area (Å²) in [5, 5.41) is 6.75. The van der Waals surface area contributed by atoms with Crippen LogP contribution in [0.15, 0.2) is 29.3 Å². The minimum Gasteiger partial charge on any atom is -0.379 e. The second-order valence-corrected chi connectivity index (χ2v) is 7.66. The number of benzene rings is 1. The molecule has 1 amide bonds. The molecule has 2 heterocycles. The predicted molar refractivity (Wildman–Crippen MR) is 116 cm³/mol. The van der Waals surface area contributed by atoms with E-state index in [0.29, 0.717) is 13.0 Å². The van der Waals surface area contributed by atoms with Gasteiger partial charge in [0, 0.05) is 45.7 Å². The van der Waals surface area contributed by atoms with Crippen LogP contribution in [-0.2, 0) is 22.6 Å². The lowest BCUT2D eigenvalue weighted by atomic mass is 10.1. The molecule has 7 nitrogen and oxygen atoms in total. The quantitative estimate of drug-likeness (QED) is 0.374. The number of amides is 1. The van der Waals surface area contributed by atoms with Crippen LogP contribution in [0.25, 0.3) is 0 Å². The molecule has 1 aromatic carbocycles. The van der Waals surface area contributed by atoms with Gasteiger partial charge in [-0.2, -0.15) is 0 Å². The minimum atomic E-state index is 0.272. The molecule has 0 atom stereocenters. The summed E-state index contributed by atoms with van der Waals surface area (Å²) in [7, 11) is 0. The van der Waals surface area contributed by atoms with Gasteiger partial charge in [-0.05, 0) is 37.4 Å². The lowest BCUT2D eigenvalue weighted by Gasteiger charge is -2.26. The van der Waals surface area contributed by atoms with Crippen molar-refractivity contribution >= 4 is 11.9 Å². The molecule has 0 unspecified atom stereocenters. The first-order chi connectivity index (χ1) is 14.2. The van der Waals surface area contributed by atoms with Crippen molar-refractivity contribution in [1.29, 1.82) is 0 Å². The maximum absolute atomic E-state index is 11.8. The van der Waals surface area contributed by atoms with Crippen LogP contribution < -0.4 is 10.6 Å². The van der Waals surface area contributed by atoms with Crippen LogP contribution in [-0.4, -0.2) is 74.1 Å². The Morgan fingerprint density at radius 2 is 1.86 bits per heavy atom. The molecule has 2 aliphatic rings. The Bertz CT molecular complexity index is 656. The first-order valence-corrected chi connectivity index (χ1v) is 10.9. The number of carbonyl (C=O) groups is 1. The van der Waals surface area contributed by atoms with E-state index in [4.69, 9.17) is 9.73 Å². The maximum Gasteiger partial charge on any atom is 0.222 e. The van der Waals surface area contributed by atoms with Gasteiger partial charge in [-0.15, -0.1) is 0 Å². The second kappa shape index (κ2) is 11.8. The summed E-state index contributed by atoms with van der Waals surface area (Å²) >= 11 is 0. The number of aliphatic imine (C=N–C) groups is 1. The van der Waals surface area contributed by atoms with Crippen molar-refractivity contribution in [2.24, 2.45) is 4.99 Å². The first kappa shape index (κ1) is 21.6. The number of ether oxygens (including phenoxy) is 1. The molecule has 3 rings (SSSR count). The zero-order valence-electron chi connectivity index (χ0n) is 17.7. The van der Waals surface area contributed by atoms with Gasteiger partial charge in [-0.3, -0.25) is 9.69 Å². The third-order valence-electron chi connectivity index (χ3n) is 5.38. The smallest absolute Gasteiger partial charge is 0.222 e. The average Bonchev–Trinajstić information content (AvgIpc) is 3.15. The monoisotopic (exact) mass is 401 g/mol. The van der Waals surface area contributed by atoms with E-state index in [0.717, 1.165) is 77.8 Å². The first-order valence-electron chi connectivity index (χ1n) is 10.9. The van der Waals surface area contributed by atoms with Crippen LogP contribution in [0.5, 0.6) is 0 Å². The van der Waals surface area contributed by atoms with Gasteiger partial charge in [0.2, 0.25) is 5.91 Å². The van der Waals surface area contributed by atoms with Crippen molar-refractivity contribution in [3.8, 4) is 0 Å². The number of guanidine groups is 1. The number of morpholine rings is 1. The number of carbonyl (C=O) groups excluding carboxylic acids is 1. The molecule has 0 bridgehead atoms. The summed E-state index contributed by atoms with van der Waals surface area (Å²) in [6.45, 7) is 11.0. The number of hydrogen-bond acceptors (Lipinski definition) is 4. The van der Waals surface area contributed by atoms with Crippen LogP contribution in [0, 0.1) is 0 Å². The Kier molecular flexibility index (Phi) is 8.77. The fraction of sp³-hybridized carbons (Fsp3) is 0.636. The number of nitrogens with zero attached hydrogens (tertiary/aromatic N) is 3. The van der Waals surface area contributed by atoms with Gasteiger partial charge in [0.05, 0.1) is 19.8 Å². The molecule has 2 N–H and O–H groups in total. The van der Waals surface area contributed by atoms with Crippen molar-refractivity contribution in [3.63, 3.8) is 0 Å². The van der Waals surface area contributed by atoms with E-state index in [1.54, 1.807) is 0 Å². The van der Waals surface area contributed by atoms with E-state index >= 15 is 0 Å². The zero-order chi connectivity index (χ0) is 20.3. The van der Waals surface area contributed by atoms with Gasteiger partial charge in [-0.25, -0.2) is 4.99 Å². The molecule has 2 saturated heterocycles. The molecule has 0 aliphatic carbocycles. The lowest BCUT2D eigenvalue weighted by molar-refractivity contribution is -0.128. The van der Waals surface area contributed by atoms with Gasteiger partial charge in [-0.1, -0.05) is 24.3 Å². The number of likely N-dealkylation sites (tertiary alicyclic amines) is 1. The van der Waals surface area contributed by atoms with Crippen molar-refractivity contribution < 1.29 is 9.53 Å². The van der Waals surface area contributed by atoms with Gasteiger partial charge in [0.25, 0.3) is 0 Å². The van der Waals surface area contributed by atoms with Gasteiger partial charge in [0.1, 0.15) is 0 Å². The number of hydrogen-bond donors (Lipinski definition) is 2. The Hall–Kier alpha value is -2.12. The van der Waals surface area contributed by atoms with Gasteiger partial charge >= 0.3 is 0 Å². The highest BCUT2D eigenvalue weighted by Gasteiger charge is 2.19. The van der Waals surface area contributed by atoms with E-state index < -0.39 is 0 Å². The Balaban J connectivity index is 1.41. The molecule has 29 heavy (non-hydrogen) atoms. The SMILES string of the molecule is CCNC(=NCc1ccc(CN2CCCC2=O)cc1)NCCCN1CCOCC1. The topological polar surface area (TPSA) is 69.2 Å². The van der Waals surface area contributed by atoms with Crippen LogP contribution in [0.1, 0.15) is 37.3 Å². The molecule has 1 aromatic rings. The second-order valence-electron chi connectivity index (χ2n) is 7.66.